The standard InChI is InChI=1S/C32H56N4O10S/c1-22(37)36-29-31(45-25(4)40)30(44-24(3)39)26(21-43-23(2)38)46-32(29)47-20-14-8-13-19-35-28(42)16-10-7-12-18-34-27(41)15-9-6-11-17-33-5/h26,29-33H,6-21H2,1-5H3,(H,34,41)(H,35,42)(H,36,37)/t26?,29?,30-,31+,32-/m0/s1. The SMILES string of the molecule is CNCCCCCC(=O)NCCCCCC(=O)NCCCCCS[C@@H]1OC(COC(C)=O)[C@H](OC(C)=O)[C@H](OC(C)=O)C1NC(C)=O. The highest BCUT2D eigenvalue weighted by Gasteiger charge is 2.50. The zero-order valence-corrected chi connectivity index (χ0v) is 29.5. The zero-order chi connectivity index (χ0) is 35.0. The Morgan fingerprint density at radius 2 is 1.19 bits per heavy atom. The Morgan fingerprint density at radius 1 is 0.660 bits per heavy atom. The van der Waals surface area contributed by atoms with E-state index in [0.717, 1.165) is 64.3 Å². The first-order chi connectivity index (χ1) is 22.4. The van der Waals surface area contributed by atoms with E-state index in [0.29, 0.717) is 31.7 Å². The van der Waals surface area contributed by atoms with Gasteiger partial charge in [0.05, 0.1) is 0 Å². The van der Waals surface area contributed by atoms with E-state index in [-0.39, 0.29) is 24.3 Å². The van der Waals surface area contributed by atoms with Crippen molar-refractivity contribution in [2.75, 3.05) is 39.0 Å². The fraction of sp³-hybridized carbons (Fsp3) is 0.812. The Bertz CT molecular complexity index is 986. The van der Waals surface area contributed by atoms with Crippen LogP contribution in [0.4, 0.5) is 0 Å². The van der Waals surface area contributed by atoms with E-state index in [1.807, 2.05) is 7.05 Å². The van der Waals surface area contributed by atoms with Gasteiger partial charge in [0, 0.05) is 53.6 Å². The Morgan fingerprint density at radius 3 is 1.70 bits per heavy atom. The monoisotopic (exact) mass is 688 g/mol. The van der Waals surface area contributed by atoms with Crippen molar-refractivity contribution in [1.82, 2.24) is 21.3 Å². The normalized spacial score (nSPS) is 20.5. The fourth-order valence-corrected chi connectivity index (χ4v) is 6.27. The highest BCUT2D eigenvalue weighted by molar-refractivity contribution is 7.99. The predicted molar refractivity (Wildman–Crippen MR) is 177 cm³/mol. The molecule has 3 amide bonds. The van der Waals surface area contributed by atoms with Crippen molar-refractivity contribution in [2.45, 2.75) is 128 Å². The van der Waals surface area contributed by atoms with Crippen molar-refractivity contribution in [3.05, 3.63) is 0 Å². The lowest BCUT2D eigenvalue weighted by Crippen LogP contribution is -2.65. The van der Waals surface area contributed by atoms with Crippen LogP contribution in [0.1, 0.15) is 98.3 Å². The van der Waals surface area contributed by atoms with E-state index in [2.05, 4.69) is 21.3 Å². The van der Waals surface area contributed by atoms with Crippen LogP contribution in [0.3, 0.4) is 0 Å². The zero-order valence-electron chi connectivity index (χ0n) is 28.7. The molecule has 1 aliphatic rings. The van der Waals surface area contributed by atoms with Gasteiger partial charge in [-0.1, -0.05) is 19.3 Å². The maximum atomic E-state index is 12.2. The molecular formula is C32H56N4O10S. The molecule has 1 saturated heterocycles. The second-order valence-electron chi connectivity index (χ2n) is 11.6. The van der Waals surface area contributed by atoms with E-state index < -0.39 is 47.7 Å². The van der Waals surface area contributed by atoms with Crippen LogP contribution in [0, 0.1) is 0 Å². The molecule has 0 aliphatic carbocycles. The summed E-state index contributed by atoms with van der Waals surface area (Å²) >= 11 is 1.40. The van der Waals surface area contributed by atoms with Crippen molar-refractivity contribution >= 4 is 47.4 Å². The molecular weight excluding hydrogens is 632 g/mol. The minimum Gasteiger partial charge on any atom is -0.463 e. The average molecular weight is 689 g/mol. The van der Waals surface area contributed by atoms with Gasteiger partial charge in [-0.15, -0.1) is 11.8 Å². The molecule has 2 unspecified atom stereocenters. The number of esters is 3. The maximum absolute atomic E-state index is 12.2. The summed E-state index contributed by atoms with van der Waals surface area (Å²) in [6, 6.07) is -0.826. The number of carbonyl (C=O) groups excluding carboxylic acids is 6. The highest BCUT2D eigenvalue weighted by Crippen LogP contribution is 2.33. The minimum atomic E-state index is -1.11. The molecule has 4 N–H and O–H groups in total. The smallest absolute Gasteiger partial charge is 0.303 e. The summed E-state index contributed by atoms with van der Waals surface area (Å²) < 4.78 is 22.2. The molecule has 1 heterocycles. The predicted octanol–water partition coefficient (Wildman–Crippen LogP) is 2.12. The van der Waals surface area contributed by atoms with E-state index in [1.54, 1.807) is 0 Å². The molecule has 0 saturated carbocycles. The molecule has 0 spiro atoms. The lowest BCUT2D eigenvalue weighted by molar-refractivity contribution is -0.211. The lowest BCUT2D eigenvalue weighted by atomic mass is 9.97. The number of rotatable bonds is 24. The molecule has 5 atom stereocenters. The molecule has 47 heavy (non-hydrogen) atoms. The number of unbranched alkanes of at least 4 members (excludes halogenated alkanes) is 6. The van der Waals surface area contributed by atoms with Gasteiger partial charge in [0.2, 0.25) is 17.7 Å². The van der Waals surface area contributed by atoms with Gasteiger partial charge >= 0.3 is 17.9 Å². The second-order valence-corrected chi connectivity index (χ2v) is 12.8. The molecule has 0 bridgehead atoms. The number of nitrogens with one attached hydrogen (secondary N) is 4. The van der Waals surface area contributed by atoms with Crippen LogP contribution in [0.2, 0.25) is 0 Å². The number of carbonyl (C=O) groups is 6. The largest absolute Gasteiger partial charge is 0.463 e. The van der Waals surface area contributed by atoms with Crippen LogP contribution in [-0.2, 0) is 47.7 Å². The van der Waals surface area contributed by atoms with Crippen LogP contribution >= 0.6 is 11.8 Å². The molecule has 14 nitrogen and oxygen atoms in total. The highest BCUT2D eigenvalue weighted by atomic mass is 32.2. The number of ether oxygens (including phenoxy) is 4. The third-order valence-corrected chi connectivity index (χ3v) is 8.49. The van der Waals surface area contributed by atoms with Crippen LogP contribution in [0.15, 0.2) is 0 Å². The van der Waals surface area contributed by atoms with Gasteiger partial charge in [0.15, 0.2) is 12.2 Å². The van der Waals surface area contributed by atoms with Crippen LogP contribution in [0.5, 0.6) is 0 Å². The first-order valence-electron chi connectivity index (χ1n) is 16.6. The van der Waals surface area contributed by atoms with E-state index >= 15 is 0 Å². The summed E-state index contributed by atoms with van der Waals surface area (Å²) in [6.07, 6.45) is 5.82. The molecule has 1 rings (SSSR count). The summed E-state index contributed by atoms with van der Waals surface area (Å²) in [6.45, 7) is 6.91. The second kappa shape index (κ2) is 25.2. The summed E-state index contributed by atoms with van der Waals surface area (Å²) in [5.41, 5.74) is -0.683. The van der Waals surface area contributed by atoms with Crippen molar-refractivity contribution in [1.29, 1.82) is 0 Å². The van der Waals surface area contributed by atoms with Crippen LogP contribution in [-0.4, -0.2) is 104 Å². The molecule has 0 radical (unpaired) electrons. The molecule has 1 fully saturated rings. The number of thioether (sulfide) groups is 1. The number of hydrogen-bond donors (Lipinski definition) is 4. The summed E-state index contributed by atoms with van der Waals surface area (Å²) in [5, 5.41) is 11.8. The third kappa shape index (κ3) is 20.1. The molecule has 15 heteroatoms. The number of hydrogen-bond acceptors (Lipinski definition) is 12. The Labute approximate surface area is 283 Å². The summed E-state index contributed by atoms with van der Waals surface area (Å²) in [7, 11) is 1.92. The van der Waals surface area contributed by atoms with Gasteiger partial charge in [-0.3, -0.25) is 28.8 Å². The summed E-state index contributed by atoms with van der Waals surface area (Å²) in [4.78, 5) is 71.5. The van der Waals surface area contributed by atoms with Gasteiger partial charge in [0.25, 0.3) is 0 Å². The van der Waals surface area contributed by atoms with E-state index in [1.165, 1.54) is 39.5 Å². The van der Waals surface area contributed by atoms with Crippen molar-refractivity contribution < 1.29 is 47.7 Å². The number of amides is 3. The van der Waals surface area contributed by atoms with E-state index in [9.17, 15) is 28.8 Å². The van der Waals surface area contributed by atoms with Crippen molar-refractivity contribution in [3.8, 4) is 0 Å². The molecule has 1 aliphatic heterocycles. The minimum absolute atomic E-state index is 0.0106. The Balaban J connectivity index is 2.41. The van der Waals surface area contributed by atoms with Gasteiger partial charge < -0.3 is 40.2 Å². The quantitative estimate of drug-likeness (QED) is 0.0658. The molecule has 0 aromatic heterocycles. The third-order valence-electron chi connectivity index (χ3n) is 7.23. The van der Waals surface area contributed by atoms with Crippen molar-refractivity contribution in [3.63, 3.8) is 0 Å². The van der Waals surface area contributed by atoms with Gasteiger partial charge in [-0.2, -0.15) is 0 Å². The molecule has 270 valence electrons. The van der Waals surface area contributed by atoms with Gasteiger partial charge in [-0.05, 0) is 57.9 Å². The lowest BCUT2D eigenvalue weighted by Gasteiger charge is -2.45. The van der Waals surface area contributed by atoms with E-state index in [4.69, 9.17) is 18.9 Å². The Hall–Kier alpha value is -2.91. The Kier molecular flexibility index (Phi) is 22.5. The van der Waals surface area contributed by atoms with Crippen LogP contribution < -0.4 is 21.3 Å². The molecule has 0 aromatic carbocycles. The van der Waals surface area contributed by atoms with Crippen molar-refractivity contribution in [2.24, 2.45) is 0 Å². The first kappa shape index (κ1) is 42.1. The summed E-state index contributed by atoms with van der Waals surface area (Å²) in [5.74, 6) is -1.48. The molecule has 0 aromatic rings. The van der Waals surface area contributed by atoms with Gasteiger partial charge in [-0.25, -0.2) is 0 Å². The first-order valence-corrected chi connectivity index (χ1v) is 17.7. The van der Waals surface area contributed by atoms with Gasteiger partial charge in [0.1, 0.15) is 24.2 Å². The maximum Gasteiger partial charge on any atom is 0.303 e. The fourth-order valence-electron chi connectivity index (χ4n) is 5.02. The topological polar surface area (TPSA) is 187 Å². The van der Waals surface area contributed by atoms with Crippen LogP contribution in [0.25, 0.3) is 0 Å². The average Bonchev–Trinajstić information content (AvgIpc) is 2.99.